The monoisotopic (exact) mass is 260 g/mol. The summed E-state index contributed by atoms with van der Waals surface area (Å²) in [6, 6.07) is 4.79. The van der Waals surface area contributed by atoms with Crippen molar-refractivity contribution in [3.05, 3.63) is 34.1 Å². The molecule has 0 aliphatic carbocycles. The second-order valence-electron chi connectivity index (χ2n) is 3.38. The zero-order valence-corrected chi connectivity index (χ0v) is 9.72. The maximum Gasteiger partial charge on any atom is 0.126 e. The van der Waals surface area contributed by atoms with Crippen LogP contribution in [0, 0.1) is 5.82 Å². The molecule has 0 fully saturated rings. The molecule has 0 aliphatic heterocycles. The van der Waals surface area contributed by atoms with Crippen LogP contribution < -0.4 is 0 Å². The summed E-state index contributed by atoms with van der Waals surface area (Å²) in [5.41, 5.74) is 0.570. The third kappa shape index (κ3) is 3.39. The number of benzene rings is 1. The molecule has 1 aromatic rings. The highest BCUT2D eigenvalue weighted by molar-refractivity contribution is 9.10. The minimum atomic E-state index is -0.441. The average molecular weight is 261 g/mol. The Kier molecular flexibility index (Phi) is 4.55. The summed E-state index contributed by atoms with van der Waals surface area (Å²) >= 11 is 3.28. The maximum absolute atomic E-state index is 13.2. The predicted octanol–water partition coefficient (Wildman–Crippen LogP) is 3.29. The van der Waals surface area contributed by atoms with E-state index in [0.717, 1.165) is 10.9 Å². The molecule has 1 unspecified atom stereocenters. The van der Waals surface area contributed by atoms with Gasteiger partial charge >= 0.3 is 0 Å². The van der Waals surface area contributed by atoms with Crippen LogP contribution in [-0.2, 0) is 6.42 Å². The van der Waals surface area contributed by atoms with Gasteiger partial charge in [0.1, 0.15) is 5.82 Å². The lowest BCUT2D eigenvalue weighted by Gasteiger charge is -2.10. The van der Waals surface area contributed by atoms with Gasteiger partial charge in [0.2, 0.25) is 0 Å². The zero-order chi connectivity index (χ0) is 10.6. The molecule has 0 amide bonds. The summed E-state index contributed by atoms with van der Waals surface area (Å²) in [4.78, 5) is 0. The molecule has 0 heterocycles. The van der Waals surface area contributed by atoms with Crippen LogP contribution in [0.5, 0.6) is 0 Å². The smallest absolute Gasteiger partial charge is 0.126 e. The van der Waals surface area contributed by atoms with Crippen LogP contribution in [0.1, 0.15) is 25.3 Å². The number of rotatable bonds is 4. The van der Waals surface area contributed by atoms with E-state index in [1.807, 2.05) is 6.92 Å². The highest BCUT2D eigenvalue weighted by atomic mass is 79.9. The third-order valence-electron chi connectivity index (χ3n) is 2.09. The van der Waals surface area contributed by atoms with Crippen molar-refractivity contribution in [2.24, 2.45) is 0 Å². The summed E-state index contributed by atoms with van der Waals surface area (Å²) in [6.07, 6.45) is 1.57. The first kappa shape index (κ1) is 11.7. The van der Waals surface area contributed by atoms with Gasteiger partial charge in [-0.1, -0.05) is 29.3 Å². The number of aliphatic hydroxyl groups is 1. The van der Waals surface area contributed by atoms with E-state index in [0.29, 0.717) is 18.4 Å². The Hall–Kier alpha value is -0.410. The van der Waals surface area contributed by atoms with Gasteiger partial charge in [0.25, 0.3) is 0 Å². The molecule has 0 saturated carbocycles. The topological polar surface area (TPSA) is 20.2 Å². The molecule has 14 heavy (non-hydrogen) atoms. The molecule has 0 radical (unpaired) electrons. The normalized spacial score (nSPS) is 12.9. The summed E-state index contributed by atoms with van der Waals surface area (Å²) < 4.78 is 14.1. The molecule has 0 spiro atoms. The molecule has 1 atom stereocenters. The van der Waals surface area contributed by atoms with E-state index in [9.17, 15) is 9.50 Å². The Bertz CT molecular complexity index is 301. The van der Waals surface area contributed by atoms with Gasteiger partial charge in [-0.25, -0.2) is 4.39 Å². The van der Waals surface area contributed by atoms with Gasteiger partial charge in [-0.05, 0) is 30.2 Å². The van der Waals surface area contributed by atoms with Crippen molar-refractivity contribution >= 4 is 15.9 Å². The van der Waals surface area contributed by atoms with E-state index in [-0.39, 0.29) is 5.82 Å². The first-order valence-corrected chi connectivity index (χ1v) is 5.54. The molecule has 1 N–H and O–H groups in total. The standard InChI is InChI=1S/C11H14BrFO/c1-2-3-10(14)7-8-6-9(12)4-5-11(8)13/h4-6,10,14H,2-3,7H2,1H3. The van der Waals surface area contributed by atoms with Crippen LogP contribution in [-0.4, -0.2) is 11.2 Å². The summed E-state index contributed by atoms with van der Waals surface area (Å²) in [5, 5.41) is 9.54. The Morgan fingerprint density at radius 1 is 1.50 bits per heavy atom. The van der Waals surface area contributed by atoms with Crippen molar-refractivity contribution in [2.45, 2.75) is 32.3 Å². The lowest BCUT2D eigenvalue weighted by Crippen LogP contribution is -2.10. The van der Waals surface area contributed by atoms with E-state index >= 15 is 0 Å². The number of aliphatic hydroxyl groups excluding tert-OH is 1. The van der Waals surface area contributed by atoms with Crippen molar-refractivity contribution in [1.29, 1.82) is 0 Å². The van der Waals surface area contributed by atoms with Crippen LogP contribution in [0.2, 0.25) is 0 Å². The Labute approximate surface area is 92.1 Å². The van der Waals surface area contributed by atoms with Gasteiger partial charge in [0, 0.05) is 10.9 Å². The largest absolute Gasteiger partial charge is 0.393 e. The molecule has 0 bridgehead atoms. The molecule has 1 aromatic carbocycles. The fourth-order valence-electron chi connectivity index (χ4n) is 1.39. The van der Waals surface area contributed by atoms with Gasteiger partial charge in [0.15, 0.2) is 0 Å². The van der Waals surface area contributed by atoms with E-state index < -0.39 is 6.10 Å². The van der Waals surface area contributed by atoms with E-state index in [4.69, 9.17) is 0 Å². The molecule has 0 aliphatic rings. The average Bonchev–Trinajstić information content (AvgIpc) is 2.12. The Balaban J connectivity index is 2.70. The first-order chi connectivity index (χ1) is 6.63. The number of hydrogen-bond donors (Lipinski definition) is 1. The minimum absolute atomic E-state index is 0.247. The van der Waals surface area contributed by atoms with Crippen LogP contribution in [0.25, 0.3) is 0 Å². The minimum Gasteiger partial charge on any atom is -0.393 e. The second kappa shape index (κ2) is 5.47. The van der Waals surface area contributed by atoms with Gasteiger partial charge < -0.3 is 5.11 Å². The van der Waals surface area contributed by atoms with Gasteiger partial charge in [-0.3, -0.25) is 0 Å². The van der Waals surface area contributed by atoms with Crippen molar-refractivity contribution in [3.63, 3.8) is 0 Å². The van der Waals surface area contributed by atoms with Crippen molar-refractivity contribution in [1.82, 2.24) is 0 Å². The third-order valence-corrected chi connectivity index (χ3v) is 2.58. The lowest BCUT2D eigenvalue weighted by molar-refractivity contribution is 0.162. The number of hydrogen-bond acceptors (Lipinski definition) is 1. The predicted molar refractivity (Wildman–Crippen MR) is 58.7 cm³/mol. The van der Waals surface area contributed by atoms with Crippen molar-refractivity contribution in [2.75, 3.05) is 0 Å². The quantitative estimate of drug-likeness (QED) is 0.881. The fourth-order valence-corrected chi connectivity index (χ4v) is 1.80. The molecule has 1 rings (SSSR count). The molecule has 78 valence electrons. The summed E-state index contributed by atoms with van der Waals surface area (Å²) in [5.74, 6) is -0.247. The molecule has 0 aromatic heterocycles. The number of halogens is 2. The zero-order valence-electron chi connectivity index (χ0n) is 8.13. The van der Waals surface area contributed by atoms with Gasteiger partial charge in [-0.15, -0.1) is 0 Å². The molecular formula is C11H14BrFO. The SMILES string of the molecule is CCCC(O)Cc1cc(Br)ccc1F. The fraction of sp³-hybridized carbons (Fsp3) is 0.455. The Morgan fingerprint density at radius 2 is 2.21 bits per heavy atom. The molecule has 0 saturated heterocycles. The highest BCUT2D eigenvalue weighted by Crippen LogP contribution is 2.17. The summed E-state index contributed by atoms with van der Waals surface area (Å²) in [6.45, 7) is 2.00. The van der Waals surface area contributed by atoms with Gasteiger partial charge in [-0.2, -0.15) is 0 Å². The van der Waals surface area contributed by atoms with Crippen molar-refractivity contribution in [3.8, 4) is 0 Å². The lowest BCUT2D eigenvalue weighted by atomic mass is 10.0. The van der Waals surface area contributed by atoms with Crippen LogP contribution in [0.3, 0.4) is 0 Å². The highest BCUT2D eigenvalue weighted by Gasteiger charge is 2.08. The molecule has 1 nitrogen and oxygen atoms in total. The van der Waals surface area contributed by atoms with Gasteiger partial charge in [0.05, 0.1) is 6.10 Å². The van der Waals surface area contributed by atoms with Crippen LogP contribution in [0.4, 0.5) is 4.39 Å². The van der Waals surface area contributed by atoms with Crippen LogP contribution >= 0.6 is 15.9 Å². The van der Waals surface area contributed by atoms with Crippen LogP contribution in [0.15, 0.2) is 22.7 Å². The van der Waals surface area contributed by atoms with E-state index in [2.05, 4.69) is 15.9 Å². The van der Waals surface area contributed by atoms with E-state index in [1.54, 1.807) is 12.1 Å². The second-order valence-corrected chi connectivity index (χ2v) is 4.30. The maximum atomic E-state index is 13.2. The summed E-state index contributed by atoms with van der Waals surface area (Å²) in [7, 11) is 0. The van der Waals surface area contributed by atoms with E-state index in [1.165, 1.54) is 6.07 Å². The van der Waals surface area contributed by atoms with Crippen molar-refractivity contribution < 1.29 is 9.50 Å². The molecule has 3 heteroatoms. The Morgan fingerprint density at radius 3 is 2.86 bits per heavy atom. The first-order valence-electron chi connectivity index (χ1n) is 4.75. The molecular weight excluding hydrogens is 247 g/mol.